The molecule has 0 unspecified atom stereocenters. The predicted octanol–water partition coefficient (Wildman–Crippen LogP) is 3.18. The van der Waals surface area contributed by atoms with E-state index in [1.165, 1.54) is 37.1 Å². The van der Waals surface area contributed by atoms with Gasteiger partial charge in [-0.2, -0.15) is 4.31 Å². The van der Waals surface area contributed by atoms with E-state index in [-0.39, 0.29) is 28.7 Å². The number of amides is 2. The number of ether oxygens (including phenoxy) is 1. The number of halogens is 1. The number of hydrogen-bond donors (Lipinski definition) is 0. The molecule has 2 amide bonds. The average molecular weight is 439 g/mol. The summed E-state index contributed by atoms with van der Waals surface area (Å²) in [5.41, 5.74) is 0.432. The first kappa shape index (κ1) is 18.4. The van der Waals surface area contributed by atoms with E-state index in [4.69, 9.17) is 4.74 Å². The summed E-state index contributed by atoms with van der Waals surface area (Å²) in [6.45, 7) is 1.25. The molecule has 3 rings (SSSR count). The molecule has 0 fully saturated rings. The van der Waals surface area contributed by atoms with Crippen LogP contribution in [0.15, 0.2) is 51.8 Å². The molecule has 0 saturated heterocycles. The van der Waals surface area contributed by atoms with Crippen molar-refractivity contribution in [1.29, 1.82) is 0 Å². The van der Waals surface area contributed by atoms with Gasteiger partial charge in [-0.15, -0.1) is 0 Å². The summed E-state index contributed by atoms with van der Waals surface area (Å²) in [7, 11) is -2.60. The van der Waals surface area contributed by atoms with Gasteiger partial charge in [0, 0.05) is 17.6 Å². The molecule has 0 radical (unpaired) electrons. The van der Waals surface area contributed by atoms with E-state index in [1.807, 2.05) is 0 Å². The molecule has 2 aromatic carbocycles. The number of rotatable bonds is 4. The molecule has 0 aromatic heterocycles. The summed E-state index contributed by atoms with van der Waals surface area (Å²) < 4.78 is 32.8. The largest absolute Gasteiger partial charge is 0.486 e. The van der Waals surface area contributed by atoms with E-state index >= 15 is 0 Å². The maximum atomic E-state index is 13.0. The second-order valence-corrected chi connectivity index (χ2v) is 8.38. The average Bonchev–Trinajstić information content (AvgIpc) is 2.58. The maximum absolute atomic E-state index is 13.0. The van der Waals surface area contributed by atoms with Crippen molar-refractivity contribution in [2.24, 2.45) is 0 Å². The van der Waals surface area contributed by atoms with Gasteiger partial charge in [0.1, 0.15) is 17.3 Å². The van der Waals surface area contributed by atoms with Gasteiger partial charge in [0.05, 0.1) is 11.4 Å². The van der Waals surface area contributed by atoms with E-state index < -0.39 is 16.1 Å². The third-order valence-corrected chi connectivity index (χ3v) is 6.00. The van der Waals surface area contributed by atoms with Crippen LogP contribution in [0.2, 0.25) is 0 Å². The van der Waals surface area contributed by atoms with Gasteiger partial charge in [-0.1, -0.05) is 22.0 Å². The van der Waals surface area contributed by atoms with Gasteiger partial charge in [0.2, 0.25) is 0 Å². The number of carbonyl (C=O) groups is 2. The molecular weight excluding hydrogens is 424 g/mol. The number of benzene rings is 2. The Labute approximate surface area is 159 Å². The molecule has 136 valence electrons. The van der Waals surface area contributed by atoms with Crippen LogP contribution in [0.1, 0.15) is 6.92 Å². The van der Waals surface area contributed by atoms with Crippen LogP contribution >= 0.6 is 15.9 Å². The lowest BCUT2D eigenvalue weighted by Crippen LogP contribution is -2.49. The zero-order chi connectivity index (χ0) is 19.1. The zero-order valence-corrected chi connectivity index (χ0v) is 16.4. The molecule has 0 aliphatic carbocycles. The molecule has 0 saturated carbocycles. The number of ketones is 1. The van der Waals surface area contributed by atoms with Gasteiger partial charge in [0.15, 0.2) is 5.78 Å². The van der Waals surface area contributed by atoms with E-state index in [0.29, 0.717) is 10.2 Å². The SMILES string of the molecule is CC(=O)COc1ccc2c(c1)N(C)C(=O)N(c1cccc(Br)c1)S2(=O)=O. The summed E-state index contributed by atoms with van der Waals surface area (Å²) in [5, 5.41) is 0. The minimum absolute atomic E-state index is 0.0187. The Hall–Kier alpha value is -2.39. The Morgan fingerprint density at radius 1 is 1.19 bits per heavy atom. The summed E-state index contributed by atoms with van der Waals surface area (Å²) in [6, 6.07) is 10.0. The number of sulfonamides is 1. The standard InChI is InChI=1S/C17H15BrN2O5S/c1-11(21)10-25-14-6-7-16-15(9-14)19(2)17(22)20(26(16,23)24)13-5-3-4-12(18)8-13/h3-9H,10H2,1-2H3. The van der Waals surface area contributed by atoms with Crippen LogP contribution in [0.3, 0.4) is 0 Å². The van der Waals surface area contributed by atoms with E-state index in [1.54, 1.807) is 24.3 Å². The van der Waals surface area contributed by atoms with Gasteiger partial charge in [-0.25, -0.2) is 13.2 Å². The Balaban J connectivity index is 2.09. The molecule has 7 nitrogen and oxygen atoms in total. The molecule has 0 spiro atoms. The quantitative estimate of drug-likeness (QED) is 0.731. The number of Topliss-reactive ketones (excluding diaryl/α,β-unsaturated/α-hetero) is 1. The fraction of sp³-hybridized carbons (Fsp3) is 0.176. The van der Waals surface area contributed by atoms with Crippen molar-refractivity contribution in [3.8, 4) is 5.75 Å². The summed E-state index contributed by atoms with van der Waals surface area (Å²) in [5.74, 6) is 0.144. The van der Waals surface area contributed by atoms with Crippen molar-refractivity contribution < 1.29 is 22.7 Å². The Bertz CT molecular complexity index is 1010. The first-order chi connectivity index (χ1) is 12.2. The second-order valence-electron chi connectivity index (χ2n) is 5.71. The smallest absolute Gasteiger partial charge is 0.342 e. The normalized spacial score (nSPS) is 15.6. The molecule has 1 aliphatic heterocycles. The fourth-order valence-electron chi connectivity index (χ4n) is 2.54. The van der Waals surface area contributed by atoms with E-state index in [9.17, 15) is 18.0 Å². The van der Waals surface area contributed by atoms with Crippen molar-refractivity contribution in [3.05, 3.63) is 46.9 Å². The van der Waals surface area contributed by atoms with Crippen LogP contribution in [0, 0.1) is 0 Å². The highest BCUT2D eigenvalue weighted by atomic mass is 79.9. The monoisotopic (exact) mass is 438 g/mol. The molecule has 9 heteroatoms. The lowest BCUT2D eigenvalue weighted by atomic mass is 10.2. The highest BCUT2D eigenvalue weighted by molar-refractivity contribution is 9.10. The Kier molecular flexibility index (Phi) is 4.76. The fourth-order valence-corrected chi connectivity index (χ4v) is 4.55. The van der Waals surface area contributed by atoms with Crippen molar-refractivity contribution in [1.82, 2.24) is 0 Å². The zero-order valence-electron chi connectivity index (χ0n) is 14.0. The molecule has 1 aliphatic rings. The van der Waals surface area contributed by atoms with Gasteiger partial charge in [-0.05, 0) is 37.3 Å². The lowest BCUT2D eigenvalue weighted by Gasteiger charge is -2.34. The van der Waals surface area contributed by atoms with Crippen LogP contribution in [-0.4, -0.2) is 33.9 Å². The molecule has 1 heterocycles. The topological polar surface area (TPSA) is 84.0 Å². The van der Waals surface area contributed by atoms with E-state index in [0.717, 1.165) is 4.31 Å². The van der Waals surface area contributed by atoms with Crippen LogP contribution in [0.25, 0.3) is 0 Å². The van der Waals surface area contributed by atoms with E-state index in [2.05, 4.69) is 15.9 Å². The predicted molar refractivity (Wildman–Crippen MR) is 100 cm³/mol. The van der Waals surface area contributed by atoms with Gasteiger partial charge in [-0.3, -0.25) is 9.69 Å². The van der Waals surface area contributed by atoms with Crippen molar-refractivity contribution >= 4 is 49.1 Å². The van der Waals surface area contributed by atoms with Crippen LogP contribution in [-0.2, 0) is 14.8 Å². The highest BCUT2D eigenvalue weighted by Gasteiger charge is 2.41. The lowest BCUT2D eigenvalue weighted by molar-refractivity contribution is -0.118. The van der Waals surface area contributed by atoms with Gasteiger partial charge >= 0.3 is 6.03 Å². The number of nitrogens with zero attached hydrogens (tertiary/aromatic N) is 2. The van der Waals surface area contributed by atoms with Crippen molar-refractivity contribution in [2.75, 3.05) is 22.9 Å². The first-order valence-corrected chi connectivity index (χ1v) is 9.80. The number of fused-ring (bicyclic) bond motifs is 1. The van der Waals surface area contributed by atoms with Gasteiger partial charge < -0.3 is 4.74 Å². The minimum atomic E-state index is -4.08. The molecular formula is C17H15BrN2O5S. The second kappa shape index (κ2) is 6.73. The van der Waals surface area contributed by atoms with Crippen LogP contribution in [0.5, 0.6) is 5.75 Å². The summed E-state index contributed by atoms with van der Waals surface area (Å²) >= 11 is 3.28. The molecule has 0 bridgehead atoms. The molecule has 26 heavy (non-hydrogen) atoms. The summed E-state index contributed by atoms with van der Waals surface area (Å²) in [6.07, 6.45) is 0. The maximum Gasteiger partial charge on any atom is 0.342 e. The van der Waals surface area contributed by atoms with Crippen LogP contribution in [0.4, 0.5) is 16.2 Å². The number of hydrogen-bond acceptors (Lipinski definition) is 5. The molecule has 2 aromatic rings. The molecule has 0 atom stereocenters. The Morgan fingerprint density at radius 3 is 2.58 bits per heavy atom. The number of anilines is 2. The highest BCUT2D eigenvalue weighted by Crippen LogP contribution is 2.38. The minimum Gasteiger partial charge on any atom is -0.486 e. The Morgan fingerprint density at radius 2 is 1.92 bits per heavy atom. The van der Waals surface area contributed by atoms with Crippen LogP contribution < -0.4 is 13.9 Å². The number of carbonyl (C=O) groups excluding carboxylic acids is 2. The third kappa shape index (κ3) is 3.19. The summed E-state index contributed by atoms with van der Waals surface area (Å²) in [4.78, 5) is 25.0. The molecule has 0 N–H and O–H groups in total. The third-order valence-electron chi connectivity index (χ3n) is 3.76. The van der Waals surface area contributed by atoms with Gasteiger partial charge in [0.25, 0.3) is 10.0 Å². The first-order valence-electron chi connectivity index (χ1n) is 7.56. The van der Waals surface area contributed by atoms with Crippen molar-refractivity contribution in [3.63, 3.8) is 0 Å². The van der Waals surface area contributed by atoms with Crippen molar-refractivity contribution in [2.45, 2.75) is 11.8 Å². The number of urea groups is 1.